The summed E-state index contributed by atoms with van der Waals surface area (Å²) in [7, 11) is 1.30. The molecule has 2 aliphatic heterocycles. The Morgan fingerprint density at radius 1 is 0.700 bits per heavy atom. The van der Waals surface area contributed by atoms with E-state index in [1.165, 1.54) is 55.6 Å². The number of amides is 2. The van der Waals surface area contributed by atoms with E-state index in [9.17, 15) is 38.4 Å². The minimum absolute atomic E-state index is 0.0160. The number of nitrogen functional groups attached to an aromatic ring is 1. The average molecular weight is 813 g/mol. The number of fused-ring (bicyclic) bond motifs is 2. The molecule has 13 nitrogen and oxygen atoms in total. The maximum atomic E-state index is 13.2. The van der Waals surface area contributed by atoms with Crippen molar-refractivity contribution in [2.24, 2.45) is 0 Å². The van der Waals surface area contributed by atoms with Gasteiger partial charge in [-0.05, 0) is 107 Å². The van der Waals surface area contributed by atoms with Gasteiger partial charge in [0.15, 0.2) is 0 Å². The Bertz CT molecular complexity index is 2620. The first-order valence-corrected chi connectivity index (χ1v) is 18.8. The van der Waals surface area contributed by atoms with E-state index < -0.39 is 16.7 Å². The van der Waals surface area contributed by atoms with Gasteiger partial charge in [-0.25, -0.2) is 18.6 Å². The van der Waals surface area contributed by atoms with Crippen molar-refractivity contribution < 1.29 is 37.9 Å². The highest BCUT2D eigenvalue weighted by molar-refractivity contribution is 5.90. The molecule has 0 aliphatic carbocycles. The van der Waals surface area contributed by atoms with Crippen LogP contribution in [0.25, 0.3) is 22.5 Å². The van der Waals surface area contributed by atoms with E-state index in [1.54, 1.807) is 52.3 Å². The summed E-state index contributed by atoms with van der Waals surface area (Å²) in [6, 6.07) is 28.7. The number of halogens is 2. The number of carbonyl (C=O) groups excluding carboxylic acids is 3. The SMILES string of the molecule is COC(=O)c1ccc2c(c1)CN(C(=O)Cc1nc(-c3ccc(F)cc3)ccc1[N+](=O)[O-])C2.Nc1ccc(-c2ccc(F)cc2)nc1CC(=O)N1Cc2ccc(CO)cc2C1. The molecule has 4 heterocycles. The molecule has 304 valence electrons. The van der Waals surface area contributed by atoms with Crippen molar-refractivity contribution >= 4 is 29.2 Å². The van der Waals surface area contributed by atoms with Crippen LogP contribution in [0.1, 0.15) is 49.6 Å². The Balaban J connectivity index is 0.000000183. The Hall–Kier alpha value is -7.39. The van der Waals surface area contributed by atoms with Crippen LogP contribution in [0.2, 0.25) is 0 Å². The number of hydrogen-bond acceptors (Lipinski definition) is 10. The number of esters is 1. The second-order valence-electron chi connectivity index (χ2n) is 14.3. The van der Waals surface area contributed by atoms with Gasteiger partial charge in [0.2, 0.25) is 11.8 Å². The number of aliphatic hydroxyl groups excluding tert-OH is 1. The van der Waals surface area contributed by atoms with Crippen molar-refractivity contribution in [2.75, 3.05) is 12.8 Å². The smallest absolute Gasteiger partial charge is 0.337 e. The highest BCUT2D eigenvalue weighted by atomic mass is 19.1. The number of methoxy groups -OCH3 is 1. The number of benzene rings is 4. The van der Waals surface area contributed by atoms with Gasteiger partial charge in [0.1, 0.15) is 17.3 Å². The Morgan fingerprint density at radius 2 is 1.20 bits per heavy atom. The third-order valence-electron chi connectivity index (χ3n) is 10.3. The van der Waals surface area contributed by atoms with Crippen LogP contribution in [0.5, 0.6) is 0 Å². The second kappa shape index (κ2) is 17.6. The molecule has 0 unspecified atom stereocenters. The first-order valence-electron chi connectivity index (χ1n) is 18.8. The summed E-state index contributed by atoms with van der Waals surface area (Å²) in [4.78, 5) is 60.6. The number of nitro groups is 1. The molecule has 0 saturated carbocycles. The number of nitrogens with zero attached hydrogens (tertiary/aromatic N) is 5. The second-order valence-corrected chi connectivity index (χ2v) is 14.3. The molecule has 2 aliphatic rings. The first kappa shape index (κ1) is 40.8. The molecule has 0 atom stereocenters. The van der Waals surface area contributed by atoms with Gasteiger partial charge in [-0.2, -0.15) is 0 Å². The van der Waals surface area contributed by atoms with Gasteiger partial charge in [0.05, 0.1) is 59.8 Å². The molecule has 4 aromatic carbocycles. The quantitative estimate of drug-likeness (QED) is 0.0904. The van der Waals surface area contributed by atoms with Crippen LogP contribution in [0, 0.1) is 21.7 Å². The zero-order chi connectivity index (χ0) is 42.5. The molecule has 6 aromatic rings. The molecule has 2 amide bonds. The summed E-state index contributed by atoms with van der Waals surface area (Å²) >= 11 is 0. The summed E-state index contributed by atoms with van der Waals surface area (Å²) < 4.78 is 31.1. The van der Waals surface area contributed by atoms with Crippen LogP contribution in [-0.4, -0.2) is 54.7 Å². The molecular weight excluding hydrogens is 775 g/mol. The minimum Gasteiger partial charge on any atom is -0.465 e. The summed E-state index contributed by atoms with van der Waals surface area (Å²) in [6.07, 6.45) is -0.162. The van der Waals surface area contributed by atoms with Crippen molar-refractivity contribution in [1.29, 1.82) is 0 Å². The van der Waals surface area contributed by atoms with Crippen LogP contribution < -0.4 is 5.73 Å². The zero-order valence-electron chi connectivity index (χ0n) is 32.3. The first-order chi connectivity index (χ1) is 28.9. The van der Waals surface area contributed by atoms with Crippen molar-refractivity contribution in [3.8, 4) is 22.5 Å². The number of aromatic nitrogens is 2. The Kier molecular flexibility index (Phi) is 12.0. The normalized spacial score (nSPS) is 12.6. The van der Waals surface area contributed by atoms with Crippen molar-refractivity contribution in [1.82, 2.24) is 19.8 Å². The maximum Gasteiger partial charge on any atom is 0.337 e. The van der Waals surface area contributed by atoms with E-state index in [0.29, 0.717) is 53.5 Å². The van der Waals surface area contributed by atoms with Gasteiger partial charge in [-0.1, -0.05) is 24.3 Å². The van der Waals surface area contributed by atoms with Gasteiger partial charge in [0.25, 0.3) is 5.69 Å². The standard InChI is InChI=1S/C23H18FN3O5.C22H20FN3O2/c1-32-23(29)15-2-3-16-12-26(13-17(16)10-15)22(28)11-20-21(27(30)31)9-8-19(25-20)14-4-6-18(24)7-5-14;23-18-5-3-15(4-6-18)20-8-7-19(24)21(25-20)10-22(28)26-11-16-2-1-14(13-27)9-17(16)12-26/h2-10H,11-13H2,1H3;1-9,27H,10-13,24H2. The number of hydrogen-bond donors (Lipinski definition) is 2. The average Bonchev–Trinajstić information content (AvgIpc) is 3.89. The van der Waals surface area contributed by atoms with Crippen LogP contribution in [0.15, 0.2) is 109 Å². The number of nitrogens with two attached hydrogens (primary N) is 1. The molecular formula is C45H38F2N6O7. The summed E-state index contributed by atoms with van der Waals surface area (Å²) in [5, 5.41) is 20.8. The van der Waals surface area contributed by atoms with E-state index in [4.69, 9.17) is 10.5 Å². The maximum absolute atomic E-state index is 13.2. The summed E-state index contributed by atoms with van der Waals surface area (Å²) in [6.45, 7) is 1.65. The molecule has 0 spiro atoms. The van der Waals surface area contributed by atoms with E-state index in [0.717, 1.165) is 33.4 Å². The fraction of sp³-hybridized carbons (Fsp3) is 0.178. The molecule has 0 radical (unpaired) electrons. The lowest BCUT2D eigenvalue weighted by Crippen LogP contribution is -2.27. The third kappa shape index (κ3) is 9.16. The molecule has 8 rings (SSSR count). The molecule has 0 saturated heterocycles. The van der Waals surface area contributed by atoms with Crippen LogP contribution in [0.4, 0.5) is 20.2 Å². The predicted octanol–water partition coefficient (Wildman–Crippen LogP) is 6.71. The third-order valence-corrected chi connectivity index (χ3v) is 10.3. The van der Waals surface area contributed by atoms with Crippen molar-refractivity contribution in [3.05, 3.63) is 176 Å². The number of ether oxygens (including phenoxy) is 1. The Morgan fingerprint density at radius 3 is 1.75 bits per heavy atom. The zero-order valence-corrected chi connectivity index (χ0v) is 32.3. The lowest BCUT2D eigenvalue weighted by atomic mass is 10.1. The molecule has 0 bridgehead atoms. The van der Waals surface area contributed by atoms with Gasteiger partial charge in [-0.3, -0.25) is 24.7 Å². The van der Waals surface area contributed by atoms with E-state index in [1.807, 2.05) is 18.2 Å². The number of pyridine rings is 2. The van der Waals surface area contributed by atoms with Gasteiger partial charge >= 0.3 is 5.97 Å². The number of rotatable bonds is 9. The number of carbonyl (C=O) groups is 3. The largest absolute Gasteiger partial charge is 0.465 e. The highest BCUT2D eigenvalue weighted by Crippen LogP contribution is 2.29. The van der Waals surface area contributed by atoms with Crippen LogP contribution in [0.3, 0.4) is 0 Å². The van der Waals surface area contributed by atoms with Crippen LogP contribution >= 0.6 is 0 Å². The van der Waals surface area contributed by atoms with E-state index in [2.05, 4.69) is 9.97 Å². The molecule has 0 fully saturated rings. The fourth-order valence-corrected chi connectivity index (χ4v) is 7.06. The molecule has 60 heavy (non-hydrogen) atoms. The minimum atomic E-state index is -0.578. The lowest BCUT2D eigenvalue weighted by molar-refractivity contribution is -0.385. The van der Waals surface area contributed by atoms with Gasteiger partial charge in [-0.15, -0.1) is 0 Å². The molecule has 15 heteroatoms. The molecule has 3 N–H and O–H groups in total. The number of aliphatic hydroxyl groups is 1. The summed E-state index contributed by atoms with van der Waals surface area (Å²) in [5.74, 6) is -1.57. The van der Waals surface area contributed by atoms with Crippen LogP contribution in [-0.2, 0) is 60.0 Å². The molecule has 2 aromatic heterocycles. The lowest BCUT2D eigenvalue weighted by Gasteiger charge is -2.16. The van der Waals surface area contributed by atoms with Gasteiger partial charge < -0.3 is 25.4 Å². The number of anilines is 1. The topological polar surface area (TPSA) is 182 Å². The van der Waals surface area contributed by atoms with Crippen molar-refractivity contribution in [3.63, 3.8) is 0 Å². The summed E-state index contributed by atoms with van der Waals surface area (Å²) in [5.41, 5.74) is 14.3. The highest BCUT2D eigenvalue weighted by Gasteiger charge is 2.28. The van der Waals surface area contributed by atoms with E-state index >= 15 is 0 Å². The monoisotopic (exact) mass is 812 g/mol. The van der Waals surface area contributed by atoms with Gasteiger partial charge in [0, 0.05) is 43.4 Å². The fourth-order valence-electron chi connectivity index (χ4n) is 7.06. The van der Waals surface area contributed by atoms with Crippen molar-refractivity contribution in [2.45, 2.75) is 45.6 Å². The Labute approximate surface area is 342 Å². The predicted molar refractivity (Wildman–Crippen MR) is 216 cm³/mol. The van der Waals surface area contributed by atoms with E-state index in [-0.39, 0.29) is 55.0 Å².